The molecule has 1 unspecified atom stereocenters. The van der Waals surface area contributed by atoms with Crippen molar-refractivity contribution in [3.8, 4) is 0 Å². The Kier molecular flexibility index (Phi) is 4.32. The molecule has 0 spiro atoms. The zero-order valence-corrected chi connectivity index (χ0v) is 12.8. The molecule has 6 heteroatoms. The Morgan fingerprint density at radius 1 is 1.26 bits per heavy atom. The Bertz CT molecular complexity index is 639. The molecule has 6 nitrogen and oxygen atoms in total. The molecule has 2 amide bonds. The Morgan fingerprint density at radius 2 is 2.00 bits per heavy atom. The number of amides is 2. The Hall–Kier alpha value is -2.37. The number of carbonyl (C=O) groups excluding carboxylic acids is 2. The van der Waals surface area contributed by atoms with E-state index in [2.05, 4.69) is 5.32 Å². The standard InChI is InChI=1S/C17H20N2O4/c20-15(8-5-11-3-1-2-4-14(11)17(22)23)18-12-9-16(21)19(10-12)13-6-7-13/h1-4,12-13H,5-10H2,(H,18,20)(H,22,23). The molecule has 122 valence electrons. The van der Waals surface area contributed by atoms with Crippen molar-refractivity contribution in [1.82, 2.24) is 10.2 Å². The first-order chi connectivity index (χ1) is 11.0. The number of nitrogens with one attached hydrogen (secondary N) is 1. The fraction of sp³-hybridized carbons (Fsp3) is 0.471. The monoisotopic (exact) mass is 316 g/mol. The molecule has 1 aromatic rings. The van der Waals surface area contributed by atoms with Crippen molar-refractivity contribution in [2.45, 2.75) is 44.2 Å². The van der Waals surface area contributed by atoms with Crippen LogP contribution in [0.5, 0.6) is 0 Å². The van der Waals surface area contributed by atoms with Crippen LogP contribution in [0.2, 0.25) is 0 Å². The van der Waals surface area contributed by atoms with Crippen LogP contribution in [0.25, 0.3) is 0 Å². The average molecular weight is 316 g/mol. The highest BCUT2D eigenvalue weighted by molar-refractivity contribution is 5.89. The number of nitrogens with zero attached hydrogens (tertiary/aromatic N) is 1. The van der Waals surface area contributed by atoms with Crippen LogP contribution in [0.4, 0.5) is 0 Å². The topological polar surface area (TPSA) is 86.7 Å². The molecule has 2 N–H and O–H groups in total. The third kappa shape index (κ3) is 3.70. The van der Waals surface area contributed by atoms with E-state index in [4.69, 9.17) is 5.11 Å². The second kappa shape index (κ2) is 6.40. The number of rotatable bonds is 6. The number of aromatic carboxylic acids is 1. The molecule has 1 aliphatic carbocycles. The maximum Gasteiger partial charge on any atom is 0.335 e. The lowest BCUT2D eigenvalue weighted by atomic mass is 10.0. The van der Waals surface area contributed by atoms with Gasteiger partial charge in [-0.25, -0.2) is 4.79 Å². The molecular weight excluding hydrogens is 296 g/mol. The summed E-state index contributed by atoms with van der Waals surface area (Å²) in [4.78, 5) is 36.9. The molecule has 2 aliphatic rings. The Labute approximate surface area is 134 Å². The summed E-state index contributed by atoms with van der Waals surface area (Å²) in [6, 6.07) is 6.97. The maximum atomic E-state index is 12.1. The molecule has 0 bridgehead atoms. The van der Waals surface area contributed by atoms with Crippen molar-refractivity contribution >= 4 is 17.8 Å². The number of carboxylic acids is 1. The SMILES string of the molecule is O=C(CCc1ccccc1C(=O)O)NC1CC(=O)N(C2CC2)C1. The van der Waals surface area contributed by atoms with Gasteiger partial charge in [0.15, 0.2) is 0 Å². The van der Waals surface area contributed by atoms with Crippen LogP contribution in [0.15, 0.2) is 24.3 Å². The minimum absolute atomic E-state index is 0.119. The van der Waals surface area contributed by atoms with E-state index in [-0.39, 0.29) is 29.8 Å². The second-order valence-electron chi connectivity index (χ2n) is 6.21. The van der Waals surface area contributed by atoms with E-state index in [9.17, 15) is 14.4 Å². The average Bonchev–Trinajstić information content (AvgIpc) is 3.29. The number of carbonyl (C=O) groups is 3. The number of likely N-dealkylation sites (tertiary alicyclic amines) is 1. The van der Waals surface area contributed by atoms with Gasteiger partial charge in [-0.05, 0) is 30.9 Å². The fourth-order valence-electron chi connectivity index (χ4n) is 3.06. The number of aryl methyl sites for hydroxylation is 1. The molecule has 1 aliphatic heterocycles. The third-order valence-corrected chi connectivity index (χ3v) is 4.38. The van der Waals surface area contributed by atoms with E-state index in [1.54, 1.807) is 24.3 Å². The lowest BCUT2D eigenvalue weighted by molar-refractivity contribution is -0.128. The highest BCUT2D eigenvalue weighted by Gasteiger charge is 2.39. The lowest BCUT2D eigenvalue weighted by Crippen LogP contribution is -2.37. The summed E-state index contributed by atoms with van der Waals surface area (Å²) >= 11 is 0. The molecule has 3 rings (SSSR count). The Balaban J connectivity index is 1.50. The summed E-state index contributed by atoms with van der Waals surface area (Å²) in [6.45, 7) is 0.598. The second-order valence-corrected chi connectivity index (χ2v) is 6.21. The maximum absolute atomic E-state index is 12.1. The highest BCUT2D eigenvalue weighted by atomic mass is 16.4. The van der Waals surface area contributed by atoms with Gasteiger partial charge in [0.2, 0.25) is 11.8 Å². The van der Waals surface area contributed by atoms with E-state index in [0.29, 0.717) is 31.0 Å². The zero-order valence-electron chi connectivity index (χ0n) is 12.8. The summed E-state index contributed by atoms with van der Waals surface area (Å²) < 4.78 is 0. The Morgan fingerprint density at radius 3 is 2.70 bits per heavy atom. The summed E-state index contributed by atoms with van der Waals surface area (Å²) in [7, 11) is 0. The van der Waals surface area contributed by atoms with Gasteiger partial charge in [-0.3, -0.25) is 9.59 Å². The van der Waals surface area contributed by atoms with Crippen LogP contribution in [0, 0.1) is 0 Å². The van der Waals surface area contributed by atoms with Crippen LogP contribution >= 0.6 is 0 Å². The van der Waals surface area contributed by atoms with E-state index < -0.39 is 5.97 Å². The van der Waals surface area contributed by atoms with Gasteiger partial charge in [0, 0.05) is 25.4 Å². The third-order valence-electron chi connectivity index (χ3n) is 4.38. The molecule has 1 aromatic carbocycles. The summed E-state index contributed by atoms with van der Waals surface area (Å²) in [6.07, 6.45) is 3.10. The molecule has 0 radical (unpaired) electrons. The van der Waals surface area contributed by atoms with Crippen molar-refractivity contribution in [1.29, 1.82) is 0 Å². The van der Waals surface area contributed by atoms with Crippen molar-refractivity contribution in [2.75, 3.05) is 6.54 Å². The first kappa shape index (κ1) is 15.5. The van der Waals surface area contributed by atoms with Gasteiger partial charge in [0.25, 0.3) is 0 Å². The highest BCUT2D eigenvalue weighted by Crippen LogP contribution is 2.30. The quantitative estimate of drug-likeness (QED) is 0.825. The van der Waals surface area contributed by atoms with Crippen LogP contribution in [0.3, 0.4) is 0 Å². The molecule has 1 atom stereocenters. The van der Waals surface area contributed by atoms with Crippen LogP contribution in [-0.2, 0) is 16.0 Å². The van der Waals surface area contributed by atoms with Crippen LogP contribution in [-0.4, -0.2) is 46.4 Å². The van der Waals surface area contributed by atoms with Gasteiger partial charge in [0.05, 0.1) is 11.6 Å². The normalized spacial score (nSPS) is 20.6. The van der Waals surface area contributed by atoms with Gasteiger partial charge < -0.3 is 15.3 Å². The van der Waals surface area contributed by atoms with Gasteiger partial charge in [-0.1, -0.05) is 18.2 Å². The van der Waals surface area contributed by atoms with Gasteiger partial charge in [-0.15, -0.1) is 0 Å². The van der Waals surface area contributed by atoms with Crippen molar-refractivity contribution in [3.63, 3.8) is 0 Å². The van der Waals surface area contributed by atoms with Crippen molar-refractivity contribution in [3.05, 3.63) is 35.4 Å². The number of hydrogen-bond acceptors (Lipinski definition) is 3. The number of carboxylic acid groups (broad SMARTS) is 1. The minimum atomic E-state index is -0.984. The van der Waals surface area contributed by atoms with E-state index in [1.165, 1.54) is 0 Å². The van der Waals surface area contributed by atoms with Gasteiger partial charge in [0.1, 0.15) is 0 Å². The smallest absolute Gasteiger partial charge is 0.335 e. The molecule has 1 saturated heterocycles. The zero-order chi connectivity index (χ0) is 16.4. The van der Waals surface area contributed by atoms with Crippen molar-refractivity contribution < 1.29 is 19.5 Å². The fourth-order valence-corrected chi connectivity index (χ4v) is 3.06. The lowest BCUT2D eigenvalue weighted by Gasteiger charge is -2.16. The molecule has 1 heterocycles. The molecule has 1 saturated carbocycles. The molecular formula is C17H20N2O4. The van der Waals surface area contributed by atoms with E-state index in [0.717, 1.165) is 12.8 Å². The molecule has 23 heavy (non-hydrogen) atoms. The first-order valence-corrected chi connectivity index (χ1v) is 7.94. The minimum Gasteiger partial charge on any atom is -0.478 e. The predicted octanol–water partition coefficient (Wildman–Crippen LogP) is 1.20. The van der Waals surface area contributed by atoms with E-state index in [1.807, 2.05) is 4.90 Å². The number of benzene rings is 1. The number of hydrogen-bond donors (Lipinski definition) is 2. The van der Waals surface area contributed by atoms with Crippen LogP contribution in [0.1, 0.15) is 41.6 Å². The molecule has 0 aromatic heterocycles. The largest absolute Gasteiger partial charge is 0.478 e. The van der Waals surface area contributed by atoms with Gasteiger partial charge in [-0.2, -0.15) is 0 Å². The van der Waals surface area contributed by atoms with E-state index >= 15 is 0 Å². The van der Waals surface area contributed by atoms with Gasteiger partial charge >= 0.3 is 5.97 Å². The van der Waals surface area contributed by atoms with Crippen molar-refractivity contribution in [2.24, 2.45) is 0 Å². The summed E-state index contributed by atoms with van der Waals surface area (Å²) in [5.41, 5.74) is 0.883. The predicted molar refractivity (Wildman–Crippen MR) is 83.0 cm³/mol. The summed E-state index contributed by atoms with van der Waals surface area (Å²) in [5, 5.41) is 12.0. The summed E-state index contributed by atoms with van der Waals surface area (Å²) in [5.74, 6) is -1.00. The first-order valence-electron chi connectivity index (χ1n) is 7.94. The van der Waals surface area contributed by atoms with Crippen LogP contribution < -0.4 is 5.32 Å². The molecule has 2 fully saturated rings.